The van der Waals surface area contributed by atoms with Gasteiger partial charge in [-0.15, -0.1) is 11.8 Å². The van der Waals surface area contributed by atoms with Crippen LogP contribution in [0.2, 0.25) is 0 Å². The quantitative estimate of drug-likeness (QED) is 0.714. The van der Waals surface area contributed by atoms with Gasteiger partial charge in [0.25, 0.3) is 0 Å². The molecule has 0 aliphatic carbocycles. The zero-order chi connectivity index (χ0) is 11.5. The Morgan fingerprint density at radius 3 is 2.88 bits per heavy atom. The summed E-state index contributed by atoms with van der Waals surface area (Å²) in [4.78, 5) is 24.6. The Balaban J connectivity index is 1.93. The van der Waals surface area contributed by atoms with E-state index in [9.17, 15) is 9.59 Å². The van der Waals surface area contributed by atoms with E-state index in [0.29, 0.717) is 19.5 Å². The Labute approximate surface area is 98.6 Å². The van der Waals surface area contributed by atoms with E-state index in [1.165, 1.54) is 0 Å². The normalized spacial score (nSPS) is 30.4. The number of carboxylic acid groups (broad SMARTS) is 1. The molecule has 1 amide bonds. The van der Waals surface area contributed by atoms with Crippen molar-refractivity contribution in [3.8, 4) is 0 Å². The molecule has 0 saturated carbocycles. The van der Waals surface area contributed by atoms with Gasteiger partial charge in [-0.2, -0.15) is 0 Å². The smallest absolute Gasteiger partial charge is 0.308 e. The monoisotopic (exact) mass is 244 g/mol. The molecule has 16 heavy (non-hydrogen) atoms. The van der Waals surface area contributed by atoms with Crippen LogP contribution in [-0.2, 0) is 9.59 Å². The van der Waals surface area contributed by atoms with Crippen LogP contribution in [0.15, 0.2) is 0 Å². The standard InChI is InChI=1S/C10H16N2O3S/c13-9(8-5-16-6-11-8)12-3-1-2-7(4-12)10(14)15/h7-8,11H,1-6H2,(H,14,15). The number of likely N-dealkylation sites (tertiary alicyclic amines) is 1. The molecule has 6 heteroatoms. The number of piperidine rings is 1. The lowest BCUT2D eigenvalue weighted by Gasteiger charge is -2.32. The third kappa shape index (κ3) is 2.49. The molecule has 2 rings (SSSR count). The van der Waals surface area contributed by atoms with E-state index < -0.39 is 5.97 Å². The highest BCUT2D eigenvalue weighted by Gasteiger charge is 2.32. The van der Waals surface area contributed by atoms with Gasteiger partial charge in [0.1, 0.15) is 0 Å². The van der Waals surface area contributed by atoms with Crippen LogP contribution in [0.3, 0.4) is 0 Å². The summed E-state index contributed by atoms with van der Waals surface area (Å²) in [5.41, 5.74) is 0. The van der Waals surface area contributed by atoms with E-state index in [1.54, 1.807) is 16.7 Å². The molecule has 2 aliphatic rings. The zero-order valence-corrected chi connectivity index (χ0v) is 9.83. The molecule has 0 aromatic heterocycles. The third-order valence-electron chi connectivity index (χ3n) is 3.10. The van der Waals surface area contributed by atoms with Crippen LogP contribution in [-0.4, -0.2) is 52.6 Å². The summed E-state index contributed by atoms with van der Waals surface area (Å²) < 4.78 is 0. The number of aliphatic carboxylic acids is 1. The number of hydrogen-bond acceptors (Lipinski definition) is 4. The van der Waals surface area contributed by atoms with Gasteiger partial charge in [-0.1, -0.05) is 0 Å². The molecule has 0 spiro atoms. The molecule has 0 bridgehead atoms. The summed E-state index contributed by atoms with van der Waals surface area (Å²) in [6.07, 6.45) is 1.48. The minimum atomic E-state index is -0.786. The molecule has 2 atom stereocenters. The van der Waals surface area contributed by atoms with Gasteiger partial charge < -0.3 is 10.0 Å². The predicted octanol–water partition coefficient (Wildman–Crippen LogP) is -0.0279. The van der Waals surface area contributed by atoms with Gasteiger partial charge >= 0.3 is 5.97 Å². The summed E-state index contributed by atoms with van der Waals surface area (Å²) in [6, 6.07) is -0.113. The number of nitrogens with zero attached hydrogens (tertiary/aromatic N) is 1. The minimum Gasteiger partial charge on any atom is -0.481 e. The van der Waals surface area contributed by atoms with Crippen molar-refractivity contribution in [2.75, 3.05) is 24.7 Å². The van der Waals surface area contributed by atoms with Crippen molar-refractivity contribution in [1.82, 2.24) is 10.2 Å². The Hall–Kier alpha value is -0.750. The molecule has 2 unspecified atom stereocenters. The lowest BCUT2D eigenvalue weighted by atomic mass is 9.98. The van der Waals surface area contributed by atoms with Crippen LogP contribution in [0.4, 0.5) is 0 Å². The molecular formula is C10H16N2O3S. The van der Waals surface area contributed by atoms with E-state index in [0.717, 1.165) is 18.1 Å². The van der Waals surface area contributed by atoms with Gasteiger partial charge in [0.05, 0.1) is 12.0 Å². The maximum atomic E-state index is 12.0. The van der Waals surface area contributed by atoms with Crippen LogP contribution in [0, 0.1) is 5.92 Å². The van der Waals surface area contributed by atoms with Crippen molar-refractivity contribution < 1.29 is 14.7 Å². The van der Waals surface area contributed by atoms with Crippen molar-refractivity contribution >= 4 is 23.6 Å². The fourth-order valence-electron chi connectivity index (χ4n) is 2.15. The van der Waals surface area contributed by atoms with Crippen LogP contribution in [0.25, 0.3) is 0 Å². The van der Waals surface area contributed by atoms with Crippen LogP contribution in [0.5, 0.6) is 0 Å². The lowest BCUT2D eigenvalue weighted by molar-refractivity contribution is -0.146. The second-order valence-corrected chi connectivity index (χ2v) is 5.26. The Kier molecular flexibility index (Phi) is 3.70. The molecule has 0 aromatic rings. The molecule has 0 radical (unpaired) electrons. The highest BCUT2D eigenvalue weighted by Crippen LogP contribution is 2.19. The largest absolute Gasteiger partial charge is 0.481 e. The first-order valence-electron chi connectivity index (χ1n) is 5.51. The molecule has 90 valence electrons. The average Bonchev–Trinajstić information content (AvgIpc) is 2.81. The summed E-state index contributed by atoms with van der Waals surface area (Å²) in [5, 5.41) is 12.1. The molecule has 2 aliphatic heterocycles. The van der Waals surface area contributed by atoms with E-state index in [-0.39, 0.29) is 17.9 Å². The van der Waals surface area contributed by atoms with Crippen LogP contribution < -0.4 is 5.32 Å². The lowest BCUT2D eigenvalue weighted by Crippen LogP contribution is -2.49. The predicted molar refractivity (Wildman–Crippen MR) is 61.2 cm³/mol. The number of carboxylic acids is 1. The van der Waals surface area contributed by atoms with Crippen molar-refractivity contribution in [2.24, 2.45) is 5.92 Å². The molecule has 2 fully saturated rings. The second-order valence-electron chi connectivity index (χ2n) is 4.23. The maximum absolute atomic E-state index is 12.0. The van der Waals surface area contributed by atoms with E-state index in [2.05, 4.69) is 5.32 Å². The fraction of sp³-hybridized carbons (Fsp3) is 0.800. The number of carbonyl (C=O) groups excluding carboxylic acids is 1. The van der Waals surface area contributed by atoms with Crippen molar-refractivity contribution in [2.45, 2.75) is 18.9 Å². The van der Waals surface area contributed by atoms with Gasteiger partial charge in [0.15, 0.2) is 0 Å². The van der Waals surface area contributed by atoms with Crippen molar-refractivity contribution in [3.05, 3.63) is 0 Å². The van der Waals surface area contributed by atoms with E-state index in [1.807, 2.05) is 0 Å². The number of thioether (sulfide) groups is 1. The Morgan fingerprint density at radius 2 is 2.25 bits per heavy atom. The average molecular weight is 244 g/mol. The summed E-state index contributed by atoms with van der Waals surface area (Å²) in [6.45, 7) is 1.07. The summed E-state index contributed by atoms with van der Waals surface area (Å²) in [5.74, 6) is 0.508. The highest BCUT2D eigenvalue weighted by molar-refractivity contribution is 7.99. The number of amides is 1. The summed E-state index contributed by atoms with van der Waals surface area (Å²) >= 11 is 1.71. The van der Waals surface area contributed by atoms with E-state index in [4.69, 9.17) is 5.11 Å². The first kappa shape index (κ1) is 11.7. The van der Waals surface area contributed by atoms with Crippen molar-refractivity contribution in [1.29, 1.82) is 0 Å². The van der Waals surface area contributed by atoms with Crippen LogP contribution in [0.1, 0.15) is 12.8 Å². The molecular weight excluding hydrogens is 228 g/mol. The van der Waals surface area contributed by atoms with Crippen molar-refractivity contribution in [3.63, 3.8) is 0 Å². The second kappa shape index (κ2) is 5.05. The highest BCUT2D eigenvalue weighted by atomic mass is 32.2. The Morgan fingerprint density at radius 1 is 1.44 bits per heavy atom. The minimum absolute atomic E-state index is 0.0657. The number of carbonyl (C=O) groups is 2. The first-order chi connectivity index (χ1) is 7.68. The van der Waals surface area contributed by atoms with Gasteiger partial charge in [0, 0.05) is 24.7 Å². The molecule has 5 nitrogen and oxygen atoms in total. The summed E-state index contributed by atoms with van der Waals surface area (Å²) in [7, 11) is 0. The van der Waals surface area contributed by atoms with Crippen LogP contribution >= 0.6 is 11.8 Å². The molecule has 2 N–H and O–H groups in total. The maximum Gasteiger partial charge on any atom is 0.308 e. The number of hydrogen-bond donors (Lipinski definition) is 2. The SMILES string of the molecule is O=C(O)C1CCCN(C(=O)C2CSCN2)C1. The van der Waals surface area contributed by atoms with Gasteiger partial charge in [-0.3, -0.25) is 14.9 Å². The van der Waals surface area contributed by atoms with Gasteiger partial charge in [-0.05, 0) is 12.8 Å². The topological polar surface area (TPSA) is 69.6 Å². The molecule has 2 saturated heterocycles. The number of rotatable bonds is 2. The first-order valence-corrected chi connectivity index (χ1v) is 6.66. The molecule has 2 heterocycles. The van der Waals surface area contributed by atoms with Gasteiger partial charge in [-0.25, -0.2) is 0 Å². The van der Waals surface area contributed by atoms with E-state index >= 15 is 0 Å². The number of nitrogens with one attached hydrogen (secondary N) is 1. The third-order valence-corrected chi connectivity index (χ3v) is 4.04. The van der Waals surface area contributed by atoms with Gasteiger partial charge in [0.2, 0.25) is 5.91 Å². The zero-order valence-electron chi connectivity index (χ0n) is 9.02. The fourth-order valence-corrected chi connectivity index (χ4v) is 3.09. The molecule has 0 aromatic carbocycles. The Bertz CT molecular complexity index is 292.